The van der Waals surface area contributed by atoms with Crippen LogP contribution < -0.4 is 14.8 Å². The Balaban J connectivity index is 1.19. The van der Waals surface area contributed by atoms with Crippen LogP contribution in [0.4, 0.5) is 8.78 Å². The maximum atomic E-state index is 13.4. The van der Waals surface area contributed by atoms with E-state index in [2.05, 4.69) is 15.5 Å². The van der Waals surface area contributed by atoms with Crippen molar-refractivity contribution in [3.63, 3.8) is 0 Å². The van der Waals surface area contributed by atoms with E-state index >= 15 is 0 Å². The molecule has 32 heavy (non-hydrogen) atoms. The third-order valence-corrected chi connectivity index (χ3v) is 5.46. The van der Waals surface area contributed by atoms with Crippen molar-refractivity contribution in [1.82, 2.24) is 15.5 Å². The fraction of sp³-hybridized carbons (Fsp3) is 0.286. The van der Waals surface area contributed by atoms with Gasteiger partial charge in [0.2, 0.25) is 5.89 Å². The van der Waals surface area contributed by atoms with E-state index < -0.39 is 11.6 Å². The lowest BCUT2D eigenvalue weighted by Gasteiger charge is -2.33. The molecule has 1 N–H and O–H groups in total. The molecule has 7 nitrogen and oxygen atoms in total. The van der Waals surface area contributed by atoms with E-state index in [0.717, 1.165) is 6.07 Å². The van der Waals surface area contributed by atoms with Crippen LogP contribution in [-0.4, -0.2) is 28.8 Å². The Kier molecular flexibility index (Phi) is 6.76. The molecule has 0 saturated heterocycles. The molecule has 1 saturated carbocycles. The van der Waals surface area contributed by atoms with Gasteiger partial charge in [0.15, 0.2) is 13.2 Å². The summed E-state index contributed by atoms with van der Waals surface area (Å²) < 4.78 is 43.1. The summed E-state index contributed by atoms with van der Waals surface area (Å²) in [5.41, 5.74) is 0. The van der Waals surface area contributed by atoms with Gasteiger partial charge in [-0.15, -0.1) is 10.2 Å². The predicted molar refractivity (Wildman–Crippen MR) is 111 cm³/mol. The zero-order valence-corrected chi connectivity index (χ0v) is 18.0. The molecular formula is C21H17Cl2F2N3O4. The van der Waals surface area contributed by atoms with E-state index in [1.807, 2.05) is 0 Å². The zero-order chi connectivity index (χ0) is 22.7. The van der Waals surface area contributed by atoms with Crippen molar-refractivity contribution in [2.45, 2.75) is 31.4 Å². The second kappa shape index (κ2) is 9.70. The van der Waals surface area contributed by atoms with Crippen molar-refractivity contribution >= 4 is 29.1 Å². The monoisotopic (exact) mass is 483 g/mol. The Hall–Kier alpha value is -2.91. The fourth-order valence-corrected chi connectivity index (χ4v) is 3.36. The minimum Gasteiger partial charge on any atom is -0.484 e. The van der Waals surface area contributed by atoms with E-state index in [0.29, 0.717) is 24.5 Å². The summed E-state index contributed by atoms with van der Waals surface area (Å²) in [5, 5.41) is 10.8. The Labute approximate surface area is 191 Å². The van der Waals surface area contributed by atoms with Crippen LogP contribution in [0.5, 0.6) is 11.5 Å². The number of benzene rings is 2. The smallest absolute Gasteiger partial charge is 0.258 e. The van der Waals surface area contributed by atoms with Gasteiger partial charge in [-0.25, -0.2) is 8.78 Å². The molecule has 2 aromatic carbocycles. The maximum Gasteiger partial charge on any atom is 0.258 e. The van der Waals surface area contributed by atoms with Gasteiger partial charge in [-0.1, -0.05) is 23.2 Å². The fourth-order valence-electron chi connectivity index (χ4n) is 3.12. The highest BCUT2D eigenvalue weighted by Gasteiger charge is 2.35. The van der Waals surface area contributed by atoms with Crippen molar-refractivity contribution in [2.75, 3.05) is 6.61 Å². The maximum absolute atomic E-state index is 13.4. The quantitative estimate of drug-likeness (QED) is 0.500. The van der Waals surface area contributed by atoms with Crippen LogP contribution in [0.2, 0.25) is 10.0 Å². The lowest BCUT2D eigenvalue weighted by molar-refractivity contribution is -0.124. The molecule has 0 aliphatic heterocycles. The van der Waals surface area contributed by atoms with Crippen molar-refractivity contribution in [3.05, 3.63) is 69.9 Å². The van der Waals surface area contributed by atoms with E-state index in [-0.39, 0.29) is 52.8 Å². The summed E-state index contributed by atoms with van der Waals surface area (Å²) in [4.78, 5) is 12.0. The number of ether oxygens (including phenoxy) is 2. The molecule has 1 amide bonds. The van der Waals surface area contributed by atoms with Crippen molar-refractivity contribution in [1.29, 1.82) is 0 Å². The van der Waals surface area contributed by atoms with Crippen molar-refractivity contribution in [3.8, 4) is 11.5 Å². The van der Waals surface area contributed by atoms with Crippen LogP contribution in [0.3, 0.4) is 0 Å². The molecule has 1 aliphatic carbocycles. The van der Waals surface area contributed by atoms with Crippen LogP contribution in [0.25, 0.3) is 0 Å². The first-order chi connectivity index (χ1) is 15.4. The Morgan fingerprint density at radius 2 is 1.66 bits per heavy atom. The molecule has 0 unspecified atom stereocenters. The van der Waals surface area contributed by atoms with Crippen LogP contribution in [-0.2, 0) is 11.4 Å². The minimum atomic E-state index is -0.615. The number of halogens is 4. The largest absolute Gasteiger partial charge is 0.484 e. The number of hydrogen-bond acceptors (Lipinski definition) is 6. The number of rotatable bonds is 8. The summed E-state index contributed by atoms with van der Waals surface area (Å²) >= 11 is 11.2. The number of nitrogens with one attached hydrogen (secondary N) is 1. The van der Waals surface area contributed by atoms with E-state index in [9.17, 15) is 13.6 Å². The number of nitrogens with zero attached hydrogens (tertiary/aromatic N) is 2. The zero-order valence-electron chi connectivity index (χ0n) is 16.5. The lowest BCUT2D eigenvalue weighted by atomic mass is 9.80. The van der Waals surface area contributed by atoms with E-state index in [1.54, 1.807) is 0 Å². The third-order valence-electron chi connectivity index (χ3n) is 4.85. The van der Waals surface area contributed by atoms with Gasteiger partial charge in [0.25, 0.3) is 11.8 Å². The van der Waals surface area contributed by atoms with Gasteiger partial charge < -0.3 is 19.2 Å². The average Bonchev–Trinajstić information content (AvgIpc) is 3.20. The van der Waals surface area contributed by atoms with E-state index in [4.69, 9.17) is 37.1 Å². The second-order valence-corrected chi connectivity index (χ2v) is 8.01. The minimum absolute atomic E-state index is 0.00879. The molecule has 1 heterocycles. The SMILES string of the molecule is O=C(COc1ccc(Cl)c(F)c1)NC1CC(c2nnc(COc3ccc(Cl)c(F)c3)o2)C1. The first-order valence-electron chi connectivity index (χ1n) is 9.64. The van der Waals surface area contributed by atoms with Crippen LogP contribution in [0.15, 0.2) is 40.8 Å². The third kappa shape index (κ3) is 5.46. The molecule has 11 heteroatoms. The number of amides is 1. The Morgan fingerprint density at radius 3 is 2.28 bits per heavy atom. The highest BCUT2D eigenvalue weighted by atomic mass is 35.5. The molecule has 0 bridgehead atoms. The topological polar surface area (TPSA) is 86.5 Å². The Bertz CT molecular complexity index is 1120. The number of carbonyl (C=O) groups is 1. The Morgan fingerprint density at radius 1 is 1.03 bits per heavy atom. The van der Waals surface area contributed by atoms with Crippen LogP contribution in [0, 0.1) is 11.6 Å². The van der Waals surface area contributed by atoms with Gasteiger partial charge in [0, 0.05) is 24.1 Å². The lowest BCUT2D eigenvalue weighted by Crippen LogP contribution is -2.45. The van der Waals surface area contributed by atoms with E-state index in [1.165, 1.54) is 30.3 Å². The van der Waals surface area contributed by atoms with Gasteiger partial charge in [0.05, 0.1) is 10.0 Å². The van der Waals surface area contributed by atoms with Gasteiger partial charge >= 0.3 is 0 Å². The summed E-state index contributed by atoms with van der Waals surface area (Å²) in [6.07, 6.45) is 1.26. The number of hydrogen-bond donors (Lipinski definition) is 1. The van der Waals surface area contributed by atoms with Crippen molar-refractivity contribution in [2.24, 2.45) is 0 Å². The normalized spacial score (nSPS) is 17.5. The van der Waals surface area contributed by atoms with Crippen LogP contribution in [0.1, 0.15) is 30.5 Å². The summed E-state index contributed by atoms with van der Waals surface area (Å²) in [5.74, 6) is -0.285. The summed E-state index contributed by atoms with van der Waals surface area (Å²) in [6, 6.07) is 8.02. The molecular weight excluding hydrogens is 467 g/mol. The highest BCUT2D eigenvalue weighted by molar-refractivity contribution is 6.31. The van der Waals surface area contributed by atoms with Gasteiger partial charge in [0.1, 0.15) is 23.1 Å². The number of aromatic nitrogens is 2. The molecule has 1 fully saturated rings. The molecule has 1 aliphatic rings. The van der Waals surface area contributed by atoms with Crippen molar-refractivity contribution < 1.29 is 27.5 Å². The molecule has 0 radical (unpaired) electrons. The van der Waals surface area contributed by atoms with Gasteiger partial charge in [-0.2, -0.15) is 0 Å². The van der Waals surface area contributed by atoms with Gasteiger partial charge in [-0.05, 0) is 37.1 Å². The molecule has 168 valence electrons. The molecule has 0 atom stereocenters. The number of carbonyl (C=O) groups excluding carboxylic acids is 1. The molecule has 1 aromatic heterocycles. The highest BCUT2D eigenvalue weighted by Crippen LogP contribution is 2.36. The van der Waals surface area contributed by atoms with Crippen LogP contribution >= 0.6 is 23.2 Å². The first kappa shape index (κ1) is 22.3. The molecule has 0 spiro atoms. The predicted octanol–water partition coefficient (Wildman–Crippen LogP) is 4.67. The molecule has 3 aromatic rings. The molecule has 4 rings (SSSR count). The second-order valence-electron chi connectivity index (χ2n) is 7.20. The first-order valence-corrected chi connectivity index (χ1v) is 10.4. The standard InChI is InChI=1S/C21H17Cl2F2N3O4/c22-15-3-1-13(7-17(15)24)30-9-19(29)26-12-5-11(6-12)21-28-27-20(32-21)10-31-14-2-4-16(23)18(25)8-14/h1-4,7-8,11-12H,5-6,9-10H2,(H,26,29). The summed E-state index contributed by atoms with van der Waals surface area (Å²) in [6.45, 7) is -0.251. The average molecular weight is 484 g/mol. The van der Waals surface area contributed by atoms with Gasteiger partial charge in [-0.3, -0.25) is 4.79 Å². The summed E-state index contributed by atoms with van der Waals surface area (Å²) in [7, 11) is 0.